The van der Waals surface area contributed by atoms with Crippen molar-refractivity contribution in [1.29, 1.82) is 0 Å². The van der Waals surface area contributed by atoms with Gasteiger partial charge in [-0.25, -0.2) is 8.78 Å². The topological polar surface area (TPSA) is 0 Å². The van der Waals surface area contributed by atoms with Crippen molar-refractivity contribution in [3.8, 4) is 0 Å². The predicted molar refractivity (Wildman–Crippen MR) is 54.4 cm³/mol. The first-order chi connectivity index (χ1) is 7.27. The zero-order chi connectivity index (χ0) is 10.4. The Morgan fingerprint density at radius 3 is 2.20 bits per heavy atom. The van der Waals surface area contributed by atoms with Crippen LogP contribution in [-0.2, 0) is 0 Å². The molecule has 3 rings (SSSR count). The molecule has 0 unspecified atom stereocenters. The Balaban J connectivity index is 2.13. The number of allylic oxidation sites excluding steroid dienone is 6. The summed E-state index contributed by atoms with van der Waals surface area (Å²) in [4.78, 5) is 0. The maximum atomic E-state index is 13.6. The first-order valence-corrected chi connectivity index (χ1v) is 4.81. The van der Waals surface area contributed by atoms with E-state index < -0.39 is 11.6 Å². The van der Waals surface area contributed by atoms with E-state index in [4.69, 9.17) is 0 Å². The first kappa shape index (κ1) is 8.60. The van der Waals surface area contributed by atoms with Crippen LogP contribution in [0.5, 0.6) is 0 Å². The van der Waals surface area contributed by atoms with Gasteiger partial charge in [0.05, 0.1) is 0 Å². The van der Waals surface area contributed by atoms with Gasteiger partial charge < -0.3 is 0 Å². The number of halogens is 2. The molecule has 0 heterocycles. The lowest BCUT2D eigenvalue weighted by Gasteiger charge is -2.12. The molecule has 74 valence electrons. The highest BCUT2D eigenvalue weighted by atomic mass is 19.2. The molecule has 0 nitrogen and oxygen atoms in total. The molecule has 0 amide bonds. The monoisotopic (exact) mass is 202 g/mol. The van der Waals surface area contributed by atoms with Crippen molar-refractivity contribution in [3.05, 3.63) is 70.8 Å². The molecule has 2 bridgehead atoms. The third kappa shape index (κ3) is 1.11. The van der Waals surface area contributed by atoms with Crippen molar-refractivity contribution in [2.24, 2.45) is 0 Å². The Morgan fingerprint density at radius 2 is 1.60 bits per heavy atom. The molecule has 0 N–H and O–H groups in total. The second-order valence-electron chi connectivity index (χ2n) is 3.74. The third-order valence-corrected chi connectivity index (χ3v) is 2.90. The van der Waals surface area contributed by atoms with Gasteiger partial charge in [0.25, 0.3) is 0 Å². The van der Waals surface area contributed by atoms with E-state index >= 15 is 0 Å². The number of benzene rings is 1. The molecule has 15 heavy (non-hydrogen) atoms. The highest BCUT2D eigenvalue weighted by Gasteiger charge is 2.29. The van der Waals surface area contributed by atoms with E-state index in [1.54, 1.807) is 12.1 Å². The highest BCUT2D eigenvalue weighted by Crippen LogP contribution is 2.43. The van der Waals surface area contributed by atoms with Gasteiger partial charge in [-0.15, -0.1) is 0 Å². The fourth-order valence-electron chi connectivity index (χ4n) is 2.18. The molecule has 0 aromatic heterocycles. The van der Waals surface area contributed by atoms with E-state index in [0.29, 0.717) is 5.56 Å². The van der Waals surface area contributed by atoms with Crippen LogP contribution in [0.15, 0.2) is 53.6 Å². The molecule has 2 aliphatic rings. The molecule has 0 radical (unpaired) electrons. The lowest BCUT2D eigenvalue weighted by atomic mass is 9.92. The summed E-state index contributed by atoms with van der Waals surface area (Å²) in [5.41, 5.74) is 2.50. The first-order valence-electron chi connectivity index (χ1n) is 4.81. The number of rotatable bonds is 1. The highest BCUT2D eigenvalue weighted by molar-refractivity contribution is 5.60. The summed E-state index contributed by atoms with van der Waals surface area (Å²) in [5.74, 6) is -1.61. The van der Waals surface area contributed by atoms with E-state index in [2.05, 4.69) is 0 Å². The van der Waals surface area contributed by atoms with E-state index in [1.807, 2.05) is 24.3 Å². The maximum absolute atomic E-state index is 13.6. The molecular formula is C13H8F2. The predicted octanol–water partition coefficient (Wildman–Crippen LogP) is 3.48. The van der Waals surface area contributed by atoms with Crippen LogP contribution in [0.1, 0.15) is 11.5 Å². The second kappa shape index (κ2) is 2.89. The van der Waals surface area contributed by atoms with Crippen LogP contribution in [-0.4, -0.2) is 0 Å². The van der Waals surface area contributed by atoms with Crippen molar-refractivity contribution < 1.29 is 8.78 Å². The second-order valence-corrected chi connectivity index (χ2v) is 3.74. The van der Waals surface area contributed by atoms with Crippen LogP contribution in [0.4, 0.5) is 8.78 Å². The average molecular weight is 202 g/mol. The molecule has 2 aliphatic carbocycles. The molecule has 0 fully saturated rings. The van der Waals surface area contributed by atoms with E-state index in [0.717, 1.165) is 17.2 Å². The zero-order valence-corrected chi connectivity index (χ0v) is 7.87. The van der Waals surface area contributed by atoms with Crippen LogP contribution >= 0.6 is 0 Å². The van der Waals surface area contributed by atoms with Crippen molar-refractivity contribution in [2.75, 3.05) is 0 Å². The number of hydrogen-bond donors (Lipinski definition) is 0. The summed E-state index contributed by atoms with van der Waals surface area (Å²) in [6.45, 7) is 0. The maximum Gasteiger partial charge on any atom is 0.162 e. The molecular weight excluding hydrogens is 194 g/mol. The largest absolute Gasteiger partial charge is 0.204 e. The van der Waals surface area contributed by atoms with Crippen molar-refractivity contribution in [3.63, 3.8) is 0 Å². The molecule has 0 aliphatic heterocycles. The third-order valence-electron chi connectivity index (χ3n) is 2.90. The van der Waals surface area contributed by atoms with Gasteiger partial charge in [0.1, 0.15) is 0 Å². The van der Waals surface area contributed by atoms with Crippen molar-refractivity contribution in [2.45, 2.75) is 5.92 Å². The van der Waals surface area contributed by atoms with Gasteiger partial charge in [0.15, 0.2) is 11.6 Å². The van der Waals surface area contributed by atoms with Crippen LogP contribution in [0.2, 0.25) is 0 Å². The summed E-state index contributed by atoms with van der Waals surface area (Å²) in [6, 6.07) is 4.33. The van der Waals surface area contributed by atoms with Crippen LogP contribution in [0.25, 0.3) is 0 Å². The summed E-state index contributed by atoms with van der Waals surface area (Å²) < 4.78 is 26.6. The molecule has 1 aromatic carbocycles. The summed E-state index contributed by atoms with van der Waals surface area (Å²) in [7, 11) is 0. The fourth-order valence-corrected chi connectivity index (χ4v) is 2.18. The molecule has 0 saturated heterocycles. The minimum Gasteiger partial charge on any atom is -0.204 e. The van der Waals surface area contributed by atoms with E-state index in [1.165, 1.54) is 0 Å². The van der Waals surface area contributed by atoms with Gasteiger partial charge in [-0.3, -0.25) is 0 Å². The normalized spacial score (nSPS) is 18.3. The van der Waals surface area contributed by atoms with Gasteiger partial charge >= 0.3 is 0 Å². The molecule has 2 heteroatoms. The fraction of sp³-hybridized carbons (Fsp3) is 0.0769. The average Bonchev–Trinajstić information content (AvgIpc) is 2.82. The Labute approximate surface area is 86.2 Å². The molecule has 0 spiro atoms. The van der Waals surface area contributed by atoms with Crippen LogP contribution in [0.3, 0.4) is 0 Å². The Kier molecular flexibility index (Phi) is 1.66. The van der Waals surface area contributed by atoms with Gasteiger partial charge in [0.2, 0.25) is 0 Å². The summed E-state index contributed by atoms with van der Waals surface area (Å²) in [5, 5.41) is 0. The number of fused-ring (bicyclic) bond motifs is 2. The summed E-state index contributed by atoms with van der Waals surface area (Å²) >= 11 is 0. The number of hydrogen-bond acceptors (Lipinski definition) is 0. The Hall–Kier alpha value is -1.70. The van der Waals surface area contributed by atoms with Crippen LogP contribution < -0.4 is 0 Å². The Morgan fingerprint density at radius 1 is 0.933 bits per heavy atom. The van der Waals surface area contributed by atoms with Gasteiger partial charge in [-0.2, -0.15) is 0 Å². The Bertz CT molecular complexity index is 499. The molecule has 1 aromatic rings. The van der Waals surface area contributed by atoms with Crippen molar-refractivity contribution in [1.82, 2.24) is 0 Å². The van der Waals surface area contributed by atoms with Gasteiger partial charge in [-0.05, 0) is 17.2 Å². The lowest BCUT2D eigenvalue weighted by Crippen LogP contribution is -2.01. The molecule has 0 atom stereocenters. The van der Waals surface area contributed by atoms with Gasteiger partial charge in [0, 0.05) is 11.5 Å². The lowest BCUT2D eigenvalue weighted by molar-refractivity contribution is 0.498. The van der Waals surface area contributed by atoms with Crippen LogP contribution in [0, 0.1) is 11.6 Å². The minimum absolute atomic E-state index is 0.0966. The standard InChI is InChI=1S/C13H8F2/c14-11-3-1-2-10(13(11)15)12-8-4-5-9(12)7-6-8/h1-7,12H. The molecule has 0 saturated carbocycles. The SMILES string of the molecule is Fc1cccc(C2C3=CC=C2C=C3)c1F. The van der Waals surface area contributed by atoms with Crippen molar-refractivity contribution >= 4 is 0 Å². The quantitative estimate of drug-likeness (QED) is 0.654. The van der Waals surface area contributed by atoms with Gasteiger partial charge in [-0.1, -0.05) is 36.4 Å². The zero-order valence-electron chi connectivity index (χ0n) is 7.87. The minimum atomic E-state index is -0.778. The summed E-state index contributed by atoms with van der Waals surface area (Å²) in [6.07, 6.45) is 7.80. The van der Waals surface area contributed by atoms with E-state index in [-0.39, 0.29) is 5.92 Å². The smallest absolute Gasteiger partial charge is 0.162 e. The van der Waals surface area contributed by atoms with E-state index in [9.17, 15) is 8.78 Å².